The van der Waals surface area contributed by atoms with Crippen molar-refractivity contribution in [3.8, 4) is 23.0 Å². The number of esters is 1. The first-order valence-corrected chi connectivity index (χ1v) is 10.6. The Morgan fingerprint density at radius 1 is 1.13 bits per heavy atom. The quantitative estimate of drug-likeness (QED) is 0.391. The molecule has 8 heteroatoms. The van der Waals surface area contributed by atoms with E-state index in [-0.39, 0.29) is 17.1 Å². The van der Waals surface area contributed by atoms with E-state index in [4.69, 9.17) is 18.3 Å². The van der Waals surface area contributed by atoms with Crippen LogP contribution in [-0.4, -0.2) is 17.6 Å². The Balaban J connectivity index is 1.61. The first-order chi connectivity index (χ1) is 14.8. The second-order valence-corrected chi connectivity index (χ2v) is 8.10. The zero-order valence-corrected chi connectivity index (χ0v) is 18.4. The summed E-state index contributed by atoms with van der Waals surface area (Å²) in [4.78, 5) is 29.1. The molecule has 0 saturated carbocycles. The summed E-state index contributed by atoms with van der Waals surface area (Å²) in [6, 6.07) is 7.28. The van der Waals surface area contributed by atoms with Crippen LogP contribution in [0.3, 0.4) is 0 Å². The third-order valence-electron chi connectivity index (χ3n) is 4.92. The standard InChI is InChI=1S/C23H21NO6S/c1-12-21(28-15(4)25)13(2)23(26)30-22(12)19-10-16-9-17(5-6-18(16)29-19)27-8-7-20-14(3)24-11-31-20/h5-6,9-11H,7-8H2,1-4H3. The lowest BCUT2D eigenvalue weighted by Gasteiger charge is -2.10. The monoisotopic (exact) mass is 439 g/mol. The molecular weight excluding hydrogens is 418 g/mol. The Morgan fingerprint density at radius 2 is 1.94 bits per heavy atom. The van der Waals surface area contributed by atoms with Crippen molar-refractivity contribution in [2.24, 2.45) is 0 Å². The first-order valence-electron chi connectivity index (χ1n) is 9.72. The Labute approximate surface area is 182 Å². The van der Waals surface area contributed by atoms with Gasteiger partial charge in [-0.3, -0.25) is 4.79 Å². The molecule has 160 valence electrons. The van der Waals surface area contributed by atoms with E-state index in [1.807, 2.05) is 24.6 Å². The number of thiazole rings is 1. The van der Waals surface area contributed by atoms with Crippen LogP contribution in [0.4, 0.5) is 0 Å². The van der Waals surface area contributed by atoms with Gasteiger partial charge in [0.15, 0.2) is 11.5 Å². The van der Waals surface area contributed by atoms with Crippen molar-refractivity contribution in [1.82, 2.24) is 4.98 Å². The molecular formula is C23H21NO6S. The predicted molar refractivity (Wildman–Crippen MR) is 117 cm³/mol. The van der Waals surface area contributed by atoms with Crippen LogP contribution >= 0.6 is 11.3 Å². The van der Waals surface area contributed by atoms with Gasteiger partial charge in [0.25, 0.3) is 0 Å². The highest BCUT2D eigenvalue weighted by Crippen LogP contribution is 2.35. The Hall–Kier alpha value is -3.39. The molecule has 3 heterocycles. The van der Waals surface area contributed by atoms with E-state index in [9.17, 15) is 9.59 Å². The van der Waals surface area contributed by atoms with Crippen LogP contribution in [0.15, 0.2) is 43.4 Å². The number of carbonyl (C=O) groups is 1. The Morgan fingerprint density at radius 3 is 2.65 bits per heavy atom. The topological polar surface area (TPSA) is 91.8 Å². The van der Waals surface area contributed by atoms with Crippen molar-refractivity contribution in [2.75, 3.05) is 6.61 Å². The van der Waals surface area contributed by atoms with Gasteiger partial charge in [0, 0.05) is 29.2 Å². The molecule has 0 amide bonds. The molecule has 0 atom stereocenters. The number of furan rings is 1. The van der Waals surface area contributed by atoms with E-state index in [0.717, 1.165) is 17.5 Å². The van der Waals surface area contributed by atoms with Crippen LogP contribution in [-0.2, 0) is 11.2 Å². The van der Waals surface area contributed by atoms with Crippen molar-refractivity contribution in [1.29, 1.82) is 0 Å². The fraction of sp³-hybridized carbons (Fsp3) is 0.261. The molecule has 0 radical (unpaired) electrons. The number of aromatic nitrogens is 1. The minimum Gasteiger partial charge on any atom is -0.493 e. The van der Waals surface area contributed by atoms with E-state index >= 15 is 0 Å². The fourth-order valence-electron chi connectivity index (χ4n) is 3.31. The third kappa shape index (κ3) is 4.25. The van der Waals surface area contributed by atoms with E-state index in [0.29, 0.717) is 29.3 Å². The highest BCUT2D eigenvalue weighted by atomic mass is 32.1. The molecule has 0 spiro atoms. The van der Waals surface area contributed by atoms with Crippen molar-refractivity contribution < 1.29 is 23.1 Å². The van der Waals surface area contributed by atoms with Gasteiger partial charge in [-0.25, -0.2) is 9.78 Å². The van der Waals surface area contributed by atoms with Crippen LogP contribution in [0.25, 0.3) is 22.5 Å². The zero-order chi connectivity index (χ0) is 22.1. The lowest BCUT2D eigenvalue weighted by Crippen LogP contribution is -2.12. The highest BCUT2D eigenvalue weighted by Gasteiger charge is 2.21. The van der Waals surface area contributed by atoms with Crippen molar-refractivity contribution in [2.45, 2.75) is 34.1 Å². The van der Waals surface area contributed by atoms with Gasteiger partial charge >= 0.3 is 11.6 Å². The molecule has 1 aromatic carbocycles. The zero-order valence-electron chi connectivity index (χ0n) is 17.6. The summed E-state index contributed by atoms with van der Waals surface area (Å²) in [6.45, 7) is 7.08. The number of rotatable bonds is 6. The molecule has 7 nitrogen and oxygen atoms in total. The molecule has 0 saturated heterocycles. The summed E-state index contributed by atoms with van der Waals surface area (Å²) in [6.07, 6.45) is 0.790. The minimum atomic E-state index is -0.584. The number of ether oxygens (including phenoxy) is 2. The van der Waals surface area contributed by atoms with Gasteiger partial charge in [-0.1, -0.05) is 0 Å². The average Bonchev–Trinajstić information content (AvgIpc) is 3.33. The molecule has 0 aliphatic rings. The smallest absolute Gasteiger partial charge is 0.343 e. The van der Waals surface area contributed by atoms with Crippen LogP contribution < -0.4 is 15.1 Å². The Bertz CT molecular complexity index is 1330. The van der Waals surface area contributed by atoms with Gasteiger partial charge < -0.3 is 18.3 Å². The van der Waals surface area contributed by atoms with Gasteiger partial charge in [0.2, 0.25) is 0 Å². The Kier molecular flexibility index (Phi) is 5.65. The normalized spacial score (nSPS) is 11.1. The van der Waals surface area contributed by atoms with Gasteiger partial charge in [0.1, 0.15) is 17.1 Å². The van der Waals surface area contributed by atoms with Crippen LogP contribution in [0.5, 0.6) is 11.5 Å². The molecule has 0 unspecified atom stereocenters. The summed E-state index contributed by atoms with van der Waals surface area (Å²) in [5, 5.41) is 0.804. The predicted octanol–water partition coefficient (Wildman–Crippen LogP) is 4.98. The summed E-state index contributed by atoms with van der Waals surface area (Å²) in [5.74, 6) is 0.996. The third-order valence-corrected chi connectivity index (χ3v) is 5.92. The van der Waals surface area contributed by atoms with Crippen LogP contribution in [0, 0.1) is 20.8 Å². The number of carbonyl (C=O) groups excluding carboxylic acids is 1. The minimum absolute atomic E-state index is 0.196. The van der Waals surface area contributed by atoms with E-state index in [1.165, 1.54) is 11.8 Å². The molecule has 31 heavy (non-hydrogen) atoms. The number of aryl methyl sites for hydroxylation is 1. The van der Waals surface area contributed by atoms with Gasteiger partial charge in [-0.2, -0.15) is 0 Å². The van der Waals surface area contributed by atoms with E-state index in [2.05, 4.69) is 4.98 Å². The van der Waals surface area contributed by atoms with Gasteiger partial charge in [-0.05, 0) is 45.0 Å². The van der Waals surface area contributed by atoms with E-state index in [1.54, 1.807) is 37.3 Å². The summed E-state index contributed by atoms with van der Waals surface area (Å²) in [7, 11) is 0. The average molecular weight is 439 g/mol. The van der Waals surface area contributed by atoms with Gasteiger partial charge in [-0.15, -0.1) is 11.3 Å². The maximum atomic E-state index is 12.3. The van der Waals surface area contributed by atoms with Crippen molar-refractivity contribution in [3.63, 3.8) is 0 Å². The lowest BCUT2D eigenvalue weighted by atomic mass is 10.1. The number of nitrogens with zero attached hydrogens (tertiary/aromatic N) is 1. The summed E-state index contributed by atoms with van der Waals surface area (Å²) in [5.41, 5.74) is 3.66. The number of hydrogen-bond acceptors (Lipinski definition) is 8. The van der Waals surface area contributed by atoms with Crippen molar-refractivity contribution in [3.05, 3.63) is 61.9 Å². The van der Waals surface area contributed by atoms with E-state index < -0.39 is 11.6 Å². The number of benzene rings is 1. The summed E-state index contributed by atoms with van der Waals surface area (Å²) < 4.78 is 22.5. The molecule has 0 fully saturated rings. The molecule has 0 aliphatic carbocycles. The van der Waals surface area contributed by atoms with Crippen LogP contribution in [0.1, 0.15) is 28.6 Å². The highest BCUT2D eigenvalue weighted by molar-refractivity contribution is 7.09. The fourth-order valence-corrected chi connectivity index (χ4v) is 4.07. The maximum absolute atomic E-state index is 12.3. The first kappa shape index (κ1) is 20.9. The lowest BCUT2D eigenvalue weighted by molar-refractivity contribution is -0.132. The second-order valence-electron chi connectivity index (χ2n) is 7.16. The number of hydrogen-bond donors (Lipinski definition) is 0. The molecule has 4 aromatic rings. The second kappa shape index (κ2) is 8.39. The molecule has 0 N–H and O–H groups in total. The SMILES string of the molecule is CC(=O)Oc1c(C)c(-c2cc3cc(OCCc4scnc4C)ccc3o2)oc(=O)c1C. The number of fused-ring (bicyclic) bond motifs is 1. The molecule has 4 rings (SSSR count). The summed E-state index contributed by atoms with van der Waals surface area (Å²) >= 11 is 1.62. The molecule has 3 aromatic heterocycles. The van der Waals surface area contributed by atoms with Crippen LogP contribution in [0.2, 0.25) is 0 Å². The van der Waals surface area contributed by atoms with Crippen molar-refractivity contribution >= 4 is 28.3 Å². The van der Waals surface area contributed by atoms with Gasteiger partial charge in [0.05, 0.1) is 23.4 Å². The largest absolute Gasteiger partial charge is 0.493 e. The maximum Gasteiger partial charge on any atom is 0.343 e. The molecule has 0 aliphatic heterocycles. The molecule has 0 bridgehead atoms.